The van der Waals surface area contributed by atoms with Gasteiger partial charge < -0.3 is 15.5 Å². The van der Waals surface area contributed by atoms with Gasteiger partial charge in [-0.3, -0.25) is 4.79 Å². The lowest BCUT2D eigenvalue weighted by molar-refractivity contribution is 0.0914. The summed E-state index contributed by atoms with van der Waals surface area (Å²) in [7, 11) is 1.55. The molecular formula is C16H15N3O3. The molecule has 0 fully saturated rings. The van der Waals surface area contributed by atoms with Crippen molar-refractivity contribution in [3.8, 4) is 5.75 Å². The van der Waals surface area contributed by atoms with E-state index < -0.39 is 5.69 Å². The third kappa shape index (κ3) is 2.35. The van der Waals surface area contributed by atoms with Crippen LogP contribution >= 0.6 is 0 Å². The van der Waals surface area contributed by atoms with Crippen molar-refractivity contribution in [3.63, 3.8) is 0 Å². The summed E-state index contributed by atoms with van der Waals surface area (Å²) < 4.78 is 6.36. The molecule has 0 saturated carbocycles. The Bertz CT molecular complexity index is 908. The molecule has 1 heterocycles. The van der Waals surface area contributed by atoms with Gasteiger partial charge in [0.2, 0.25) is 5.91 Å². The number of para-hydroxylation sites is 1. The molecule has 0 aliphatic heterocycles. The standard InChI is InChI=1S/C16H15N3O3/c1-22-14-5-3-2-4-10(14)8-15(20)19-13-7-6-11(17)9-12(13)18-16(19)21/h2-7,9H,8,17H2,1H3,(H,18,21). The second kappa shape index (κ2) is 5.40. The first-order valence-electron chi connectivity index (χ1n) is 6.75. The molecular weight excluding hydrogens is 282 g/mol. The lowest BCUT2D eigenvalue weighted by Gasteiger charge is -2.07. The van der Waals surface area contributed by atoms with Gasteiger partial charge in [-0.2, -0.15) is 0 Å². The molecule has 0 amide bonds. The number of nitrogen functional groups attached to an aromatic ring is 1. The number of benzene rings is 2. The molecule has 3 rings (SSSR count). The van der Waals surface area contributed by atoms with E-state index >= 15 is 0 Å². The van der Waals surface area contributed by atoms with Crippen molar-refractivity contribution >= 4 is 22.6 Å². The minimum atomic E-state index is -0.472. The smallest absolute Gasteiger partial charge is 0.333 e. The molecule has 0 saturated heterocycles. The zero-order valence-electron chi connectivity index (χ0n) is 12.0. The first-order chi connectivity index (χ1) is 10.6. The van der Waals surface area contributed by atoms with Crippen LogP contribution in [0.5, 0.6) is 5.75 Å². The Hall–Kier alpha value is -3.02. The number of methoxy groups -OCH3 is 1. The largest absolute Gasteiger partial charge is 0.496 e. The third-order valence-corrected chi connectivity index (χ3v) is 3.49. The molecule has 1 aromatic heterocycles. The summed E-state index contributed by atoms with van der Waals surface area (Å²) in [5, 5.41) is 0. The van der Waals surface area contributed by atoms with Crippen LogP contribution in [0.4, 0.5) is 5.69 Å². The molecule has 0 atom stereocenters. The Kier molecular flexibility index (Phi) is 3.42. The van der Waals surface area contributed by atoms with Gasteiger partial charge in [0.1, 0.15) is 5.75 Å². The summed E-state index contributed by atoms with van der Waals surface area (Å²) in [6.07, 6.45) is 0.0707. The fraction of sp³-hybridized carbons (Fsp3) is 0.125. The van der Waals surface area contributed by atoms with Crippen LogP contribution in [-0.4, -0.2) is 22.6 Å². The van der Waals surface area contributed by atoms with E-state index in [1.54, 1.807) is 37.4 Å². The predicted octanol–water partition coefficient (Wildman–Crippen LogP) is 1.80. The van der Waals surface area contributed by atoms with E-state index in [4.69, 9.17) is 10.5 Å². The number of hydrogen-bond acceptors (Lipinski definition) is 4. The zero-order chi connectivity index (χ0) is 15.7. The number of hydrogen-bond donors (Lipinski definition) is 2. The van der Waals surface area contributed by atoms with Crippen molar-refractivity contribution in [1.82, 2.24) is 9.55 Å². The highest BCUT2D eigenvalue weighted by Crippen LogP contribution is 2.19. The minimum Gasteiger partial charge on any atom is -0.496 e. The van der Waals surface area contributed by atoms with Gasteiger partial charge in [-0.15, -0.1) is 0 Å². The number of nitrogens with zero attached hydrogens (tertiary/aromatic N) is 1. The molecule has 0 spiro atoms. The first-order valence-corrected chi connectivity index (χ1v) is 6.75. The summed E-state index contributed by atoms with van der Waals surface area (Å²) in [6.45, 7) is 0. The summed E-state index contributed by atoms with van der Waals surface area (Å²) in [5.74, 6) is 0.290. The molecule has 0 aliphatic carbocycles. The van der Waals surface area contributed by atoms with E-state index in [1.807, 2.05) is 12.1 Å². The molecule has 2 aromatic carbocycles. The molecule has 0 unspecified atom stereocenters. The van der Waals surface area contributed by atoms with Crippen molar-refractivity contribution in [2.75, 3.05) is 12.8 Å². The number of fused-ring (bicyclic) bond motifs is 1. The molecule has 0 radical (unpaired) electrons. The van der Waals surface area contributed by atoms with Crippen LogP contribution < -0.4 is 16.2 Å². The van der Waals surface area contributed by atoms with E-state index in [0.29, 0.717) is 22.5 Å². The van der Waals surface area contributed by atoms with Crippen LogP contribution in [0.25, 0.3) is 11.0 Å². The number of nitrogens with one attached hydrogen (secondary N) is 1. The molecule has 6 nitrogen and oxygen atoms in total. The van der Waals surface area contributed by atoms with E-state index in [0.717, 1.165) is 10.1 Å². The van der Waals surface area contributed by atoms with Crippen molar-refractivity contribution in [2.24, 2.45) is 0 Å². The van der Waals surface area contributed by atoms with Gasteiger partial charge in [-0.05, 0) is 24.3 Å². The maximum atomic E-state index is 12.5. The number of ether oxygens (including phenoxy) is 1. The highest BCUT2D eigenvalue weighted by Gasteiger charge is 2.16. The van der Waals surface area contributed by atoms with Gasteiger partial charge >= 0.3 is 5.69 Å². The fourth-order valence-corrected chi connectivity index (χ4v) is 2.47. The maximum Gasteiger partial charge on any atom is 0.333 e. The van der Waals surface area contributed by atoms with Gasteiger partial charge in [0.15, 0.2) is 0 Å². The minimum absolute atomic E-state index is 0.0707. The topological polar surface area (TPSA) is 90.1 Å². The van der Waals surface area contributed by atoms with E-state index in [1.165, 1.54) is 0 Å². The van der Waals surface area contributed by atoms with Crippen LogP contribution in [0.1, 0.15) is 10.4 Å². The third-order valence-electron chi connectivity index (χ3n) is 3.49. The van der Waals surface area contributed by atoms with Gasteiger partial charge in [-0.1, -0.05) is 18.2 Å². The normalized spacial score (nSPS) is 10.8. The number of aromatic nitrogens is 2. The van der Waals surface area contributed by atoms with Crippen molar-refractivity contribution in [3.05, 3.63) is 58.5 Å². The summed E-state index contributed by atoms with van der Waals surface area (Å²) in [5.41, 5.74) is 7.52. The Morgan fingerprint density at radius 1 is 1.27 bits per heavy atom. The average Bonchev–Trinajstić information content (AvgIpc) is 2.82. The van der Waals surface area contributed by atoms with Crippen LogP contribution in [-0.2, 0) is 6.42 Å². The highest BCUT2D eigenvalue weighted by molar-refractivity contribution is 5.92. The first kappa shape index (κ1) is 13.9. The quantitative estimate of drug-likeness (QED) is 0.721. The Morgan fingerprint density at radius 3 is 2.82 bits per heavy atom. The van der Waals surface area contributed by atoms with Crippen LogP contribution in [0, 0.1) is 0 Å². The fourth-order valence-electron chi connectivity index (χ4n) is 2.47. The second-order valence-electron chi connectivity index (χ2n) is 4.92. The van der Waals surface area contributed by atoms with Crippen LogP contribution in [0.15, 0.2) is 47.3 Å². The van der Waals surface area contributed by atoms with E-state index in [9.17, 15) is 9.59 Å². The monoisotopic (exact) mass is 297 g/mol. The SMILES string of the molecule is COc1ccccc1CC(=O)n1c(=O)[nH]c2cc(N)ccc21. The molecule has 112 valence electrons. The zero-order valence-corrected chi connectivity index (χ0v) is 12.0. The lowest BCUT2D eigenvalue weighted by Crippen LogP contribution is -2.25. The number of aromatic amines is 1. The summed E-state index contributed by atoms with van der Waals surface area (Å²) in [6, 6.07) is 12.2. The highest BCUT2D eigenvalue weighted by atomic mass is 16.5. The number of nitrogens with two attached hydrogens (primary N) is 1. The van der Waals surface area contributed by atoms with Crippen LogP contribution in [0.3, 0.4) is 0 Å². The second-order valence-corrected chi connectivity index (χ2v) is 4.92. The Labute approximate surface area is 126 Å². The maximum absolute atomic E-state index is 12.5. The summed E-state index contributed by atoms with van der Waals surface area (Å²) in [4.78, 5) is 27.2. The van der Waals surface area contributed by atoms with Gasteiger partial charge in [0, 0.05) is 11.3 Å². The van der Waals surface area contributed by atoms with Gasteiger partial charge in [0.25, 0.3) is 0 Å². The Morgan fingerprint density at radius 2 is 2.05 bits per heavy atom. The molecule has 0 aliphatic rings. The molecule has 3 aromatic rings. The van der Waals surface area contributed by atoms with Gasteiger partial charge in [0.05, 0.1) is 24.6 Å². The van der Waals surface area contributed by atoms with Gasteiger partial charge in [-0.25, -0.2) is 9.36 Å². The number of carbonyl (C=O) groups excluding carboxylic acids is 1. The predicted molar refractivity (Wildman–Crippen MR) is 84.3 cm³/mol. The van der Waals surface area contributed by atoms with E-state index in [-0.39, 0.29) is 12.3 Å². The van der Waals surface area contributed by atoms with Crippen molar-refractivity contribution < 1.29 is 9.53 Å². The molecule has 0 bridgehead atoms. The van der Waals surface area contributed by atoms with Crippen LogP contribution in [0.2, 0.25) is 0 Å². The number of H-pyrrole nitrogens is 1. The number of carbonyl (C=O) groups is 1. The number of anilines is 1. The number of imidazole rings is 1. The number of rotatable bonds is 3. The van der Waals surface area contributed by atoms with Crippen molar-refractivity contribution in [2.45, 2.75) is 6.42 Å². The lowest BCUT2D eigenvalue weighted by atomic mass is 10.1. The molecule has 3 N–H and O–H groups in total. The van der Waals surface area contributed by atoms with Crippen molar-refractivity contribution in [1.29, 1.82) is 0 Å². The average molecular weight is 297 g/mol. The van der Waals surface area contributed by atoms with E-state index in [2.05, 4.69) is 4.98 Å². The molecule has 22 heavy (non-hydrogen) atoms. The Balaban J connectivity index is 2.02. The summed E-state index contributed by atoms with van der Waals surface area (Å²) >= 11 is 0. The molecule has 6 heteroatoms.